The number of esters is 1. The van der Waals surface area contributed by atoms with Gasteiger partial charge in [-0.3, -0.25) is 9.59 Å². The monoisotopic (exact) mass is 589 g/mol. The summed E-state index contributed by atoms with van der Waals surface area (Å²) in [5.74, 6) is -0.572. The lowest BCUT2D eigenvalue weighted by Gasteiger charge is -2.34. The molecule has 9 heteroatoms. The minimum Gasteiger partial charge on any atom is -0.466 e. The number of fused-ring (bicyclic) bond motifs is 1. The zero-order valence-electron chi connectivity index (χ0n) is 24.1. The zero-order valence-corrected chi connectivity index (χ0v) is 24.9. The van der Waals surface area contributed by atoms with E-state index in [1.165, 1.54) is 0 Å². The van der Waals surface area contributed by atoms with Gasteiger partial charge in [-0.25, -0.2) is 13.1 Å². The summed E-state index contributed by atoms with van der Waals surface area (Å²) in [7, 11) is -3.97. The van der Waals surface area contributed by atoms with Crippen molar-refractivity contribution in [3.05, 3.63) is 89.5 Å². The SMILES string of the molecule is CCOC(=O)C1CCN(c2ccc(NC(=O)CCc3ccccc3)cc2S(=O)(=O)N[C@@H]2CCCc3ccccc32)CC1. The van der Waals surface area contributed by atoms with Crippen LogP contribution in [0.25, 0.3) is 0 Å². The van der Waals surface area contributed by atoms with Crippen LogP contribution in [0.1, 0.15) is 61.8 Å². The van der Waals surface area contributed by atoms with E-state index in [4.69, 9.17) is 4.74 Å². The third-order valence-corrected chi connectivity index (χ3v) is 9.64. The van der Waals surface area contributed by atoms with Gasteiger partial charge >= 0.3 is 5.97 Å². The fourth-order valence-corrected chi connectivity index (χ4v) is 7.44. The maximum Gasteiger partial charge on any atom is 0.309 e. The van der Waals surface area contributed by atoms with Crippen LogP contribution >= 0.6 is 0 Å². The molecule has 3 aromatic rings. The highest BCUT2D eigenvalue weighted by Crippen LogP contribution is 2.35. The van der Waals surface area contributed by atoms with Crippen molar-refractivity contribution in [1.82, 2.24) is 4.72 Å². The number of hydrogen-bond acceptors (Lipinski definition) is 6. The van der Waals surface area contributed by atoms with E-state index in [-0.39, 0.29) is 35.2 Å². The highest BCUT2D eigenvalue weighted by molar-refractivity contribution is 7.89. The first-order valence-electron chi connectivity index (χ1n) is 14.8. The van der Waals surface area contributed by atoms with Gasteiger partial charge in [-0.05, 0) is 80.3 Å². The first-order valence-corrected chi connectivity index (χ1v) is 16.3. The molecule has 3 aromatic carbocycles. The van der Waals surface area contributed by atoms with Crippen molar-refractivity contribution in [2.24, 2.45) is 5.92 Å². The van der Waals surface area contributed by atoms with Gasteiger partial charge in [0.1, 0.15) is 4.90 Å². The lowest BCUT2D eigenvalue weighted by molar-refractivity contribution is -0.148. The Labute approximate surface area is 248 Å². The molecular weight excluding hydrogens is 550 g/mol. The van der Waals surface area contributed by atoms with Crippen LogP contribution in [-0.4, -0.2) is 40.0 Å². The molecule has 1 aliphatic carbocycles. The molecule has 1 amide bonds. The minimum absolute atomic E-state index is 0.126. The van der Waals surface area contributed by atoms with Crippen molar-refractivity contribution in [3.8, 4) is 0 Å². The van der Waals surface area contributed by atoms with Gasteiger partial charge in [-0.2, -0.15) is 0 Å². The Morgan fingerprint density at radius 1 is 0.952 bits per heavy atom. The third-order valence-electron chi connectivity index (χ3n) is 8.14. The van der Waals surface area contributed by atoms with E-state index in [1.807, 2.05) is 53.4 Å². The normalized spacial score (nSPS) is 17.4. The third kappa shape index (κ3) is 7.20. The number of nitrogens with one attached hydrogen (secondary N) is 2. The lowest BCUT2D eigenvalue weighted by Crippen LogP contribution is -2.38. The molecule has 8 nitrogen and oxygen atoms in total. The molecule has 2 N–H and O–H groups in total. The zero-order chi connectivity index (χ0) is 29.5. The number of piperidine rings is 1. The Kier molecular flexibility index (Phi) is 9.59. The molecule has 42 heavy (non-hydrogen) atoms. The second-order valence-corrected chi connectivity index (χ2v) is 12.7. The summed E-state index contributed by atoms with van der Waals surface area (Å²) < 4.78 is 36.3. The second kappa shape index (κ2) is 13.5. The first kappa shape index (κ1) is 29.8. The average Bonchev–Trinajstić information content (AvgIpc) is 3.01. The Hall–Kier alpha value is -3.69. The van der Waals surface area contributed by atoms with Crippen LogP contribution in [0, 0.1) is 5.92 Å². The van der Waals surface area contributed by atoms with Crippen molar-refractivity contribution >= 4 is 33.3 Å². The number of carbonyl (C=O) groups is 2. The van der Waals surface area contributed by atoms with Crippen molar-refractivity contribution in [2.45, 2.75) is 62.8 Å². The van der Waals surface area contributed by atoms with Gasteiger partial charge in [-0.15, -0.1) is 0 Å². The molecule has 2 aliphatic rings. The predicted octanol–water partition coefficient (Wildman–Crippen LogP) is 5.39. The van der Waals surface area contributed by atoms with Crippen LogP contribution in [-0.2, 0) is 37.2 Å². The second-order valence-electron chi connectivity index (χ2n) is 11.0. The summed E-state index contributed by atoms with van der Waals surface area (Å²) >= 11 is 0. The van der Waals surface area contributed by atoms with Gasteiger partial charge in [0.25, 0.3) is 0 Å². The number of hydrogen-bond donors (Lipinski definition) is 2. The number of nitrogens with zero attached hydrogens (tertiary/aromatic N) is 1. The van der Waals surface area contributed by atoms with E-state index >= 15 is 0 Å². The molecular formula is C33H39N3O5S. The number of benzene rings is 3. The standard InChI is InChI=1S/C33H39N3O5S/c1-2-41-33(38)26-19-21-36(22-20-26)30-17-16-27(34-32(37)18-15-24-9-4-3-5-10-24)23-31(30)42(39,40)35-29-14-8-12-25-11-6-7-13-28(25)29/h3-7,9-11,13,16-17,23,26,29,35H,2,8,12,14-15,18-22H2,1H3,(H,34,37)/t29-/m1/s1. The molecule has 0 aromatic heterocycles. The summed E-state index contributed by atoms with van der Waals surface area (Å²) in [6.07, 6.45) is 4.58. The predicted molar refractivity (Wildman–Crippen MR) is 164 cm³/mol. The molecule has 1 atom stereocenters. The molecule has 0 unspecified atom stereocenters. The number of carbonyl (C=O) groups excluding carboxylic acids is 2. The summed E-state index contributed by atoms with van der Waals surface area (Å²) in [6, 6.07) is 22.5. The number of ether oxygens (including phenoxy) is 1. The molecule has 1 saturated heterocycles. The fourth-order valence-electron chi connectivity index (χ4n) is 5.94. The van der Waals surface area contributed by atoms with Crippen LogP contribution in [0.3, 0.4) is 0 Å². The van der Waals surface area contributed by atoms with Gasteiger partial charge < -0.3 is 15.0 Å². The van der Waals surface area contributed by atoms with Gasteiger partial charge in [0.15, 0.2) is 0 Å². The molecule has 0 saturated carbocycles. The summed E-state index contributed by atoms with van der Waals surface area (Å²) in [6.45, 7) is 3.20. The number of anilines is 2. The van der Waals surface area contributed by atoms with Gasteiger partial charge in [0.2, 0.25) is 15.9 Å². The average molecular weight is 590 g/mol. The van der Waals surface area contributed by atoms with E-state index in [0.29, 0.717) is 56.8 Å². The molecule has 5 rings (SSSR count). The van der Waals surface area contributed by atoms with E-state index in [2.05, 4.69) is 16.1 Å². The molecule has 1 aliphatic heterocycles. The number of sulfonamides is 1. The van der Waals surface area contributed by atoms with Crippen molar-refractivity contribution in [1.29, 1.82) is 0 Å². The van der Waals surface area contributed by atoms with Gasteiger partial charge in [0.05, 0.1) is 18.2 Å². The topological polar surface area (TPSA) is 105 Å². The van der Waals surface area contributed by atoms with Crippen LogP contribution in [0.2, 0.25) is 0 Å². The van der Waals surface area contributed by atoms with Crippen LogP contribution in [0.5, 0.6) is 0 Å². The van der Waals surface area contributed by atoms with Gasteiger partial charge in [0, 0.05) is 31.2 Å². The van der Waals surface area contributed by atoms with Crippen LogP contribution in [0.15, 0.2) is 77.7 Å². The van der Waals surface area contributed by atoms with Crippen LogP contribution in [0.4, 0.5) is 11.4 Å². The Balaban J connectivity index is 1.38. The van der Waals surface area contributed by atoms with Crippen molar-refractivity contribution in [2.75, 3.05) is 29.9 Å². The Bertz CT molecular complexity index is 1500. The molecule has 0 radical (unpaired) electrons. The maximum absolute atomic E-state index is 14.1. The van der Waals surface area contributed by atoms with E-state index in [9.17, 15) is 18.0 Å². The molecule has 222 valence electrons. The Morgan fingerprint density at radius 2 is 1.69 bits per heavy atom. The highest BCUT2D eigenvalue weighted by atomic mass is 32.2. The quantitative estimate of drug-likeness (QED) is 0.307. The highest BCUT2D eigenvalue weighted by Gasteiger charge is 2.32. The fraction of sp³-hybridized carbons (Fsp3) is 0.394. The lowest BCUT2D eigenvalue weighted by atomic mass is 9.88. The maximum atomic E-state index is 14.1. The van der Waals surface area contributed by atoms with Crippen LogP contribution < -0.4 is 14.9 Å². The molecule has 1 heterocycles. The molecule has 0 spiro atoms. The Morgan fingerprint density at radius 3 is 2.45 bits per heavy atom. The number of amides is 1. The van der Waals surface area contributed by atoms with E-state index < -0.39 is 10.0 Å². The van der Waals surface area contributed by atoms with Gasteiger partial charge in [-0.1, -0.05) is 54.6 Å². The minimum atomic E-state index is -3.97. The summed E-state index contributed by atoms with van der Waals surface area (Å²) in [5, 5.41) is 2.90. The first-order chi connectivity index (χ1) is 20.3. The summed E-state index contributed by atoms with van der Waals surface area (Å²) in [5.41, 5.74) is 4.24. The van der Waals surface area contributed by atoms with Crippen molar-refractivity contribution < 1.29 is 22.7 Å². The van der Waals surface area contributed by atoms with E-state index in [1.54, 1.807) is 25.1 Å². The molecule has 1 fully saturated rings. The van der Waals surface area contributed by atoms with E-state index in [0.717, 1.165) is 29.5 Å². The molecule has 0 bridgehead atoms. The largest absolute Gasteiger partial charge is 0.466 e. The number of aryl methyl sites for hydroxylation is 2. The number of rotatable bonds is 10. The summed E-state index contributed by atoms with van der Waals surface area (Å²) in [4.78, 5) is 27.2. The van der Waals surface area contributed by atoms with Crippen molar-refractivity contribution in [3.63, 3.8) is 0 Å². The smallest absolute Gasteiger partial charge is 0.309 e.